The molecular formula is C18H26Cl2N2O6. The van der Waals surface area contributed by atoms with Gasteiger partial charge in [-0.3, -0.25) is 4.90 Å². The van der Waals surface area contributed by atoms with Gasteiger partial charge in [-0.05, 0) is 55.7 Å². The number of aliphatic carboxylic acids is 2. The number of carboxylic acid groups (broad SMARTS) is 2. The Labute approximate surface area is 173 Å². The van der Waals surface area contributed by atoms with Gasteiger partial charge in [0.2, 0.25) is 0 Å². The first-order valence-electron chi connectivity index (χ1n) is 8.83. The van der Waals surface area contributed by atoms with E-state index in [1.54, 1.807) is 6.07 Å². The van der Waals surface area contributed by atoms with E-state index in [1.165, 1.54) is 12.0 Å². The first kappa shape index (κ1) is 24.6. The normalized spacial score (nSPS) is 18.3. The summed E-state index contributed by atoms with van der Waals surface area (Å²) in [5.74, 6) is -2.76. The summed E-state index contributed by atoms with van der Waals surface area (Å²) in [7, 11) is 0. The van der Waals surface area contributed by atoms with Crippen LogP contribution in [0.25, 0.3) is 0 Å². The highest BCUT2D eigenvalue weighted by molar-refractivity contribution is 6.34. The monoisotopic (exact) mass is 436 g/mol. The van der Waals surface area contributed by atoms with Crippen molar-refractivity contribution in [1.29, 1.82) is 0 Å². The lowest BCUT2D eigenvalue weighted by Crippen LogP contribution is -2.39. The number of nitrogens with one attached hydrogen (secondary N) is 1. The zero-order valence-corrected chi connectivity index (χ0v) is 17.0. The third-order valence-corrected chi connectivity index (χ3v) is 4.70. The summed E-state index contributed by atoms with van der Waals surface area (Å²) in [6.07, 6.45) is -3.25. The molecule has 0 aliphatic carbocycles. The molecule has 1 aliphatic rings. The number of hydrogen-bond donors (Lipinski definition) is 5. The number of aliphatic hydroxyl groups is 2. The quantitative estimate of drug-likeness (QED) is 0.412. The van der Waals surface area contributed by atoms with Gasteiger partial charge in [0.15, 0.2) is 12.2 Å². The van der Waals surface area contributed by atoms with Crippen LogP contribution in [0.2, 0.25) is 10.0 Å². The van der Waals surface area contributed by atoms with Crippen molar-refractivity contribution in [3.8, 4) is 0 Å². The Kier molecular flexibility index (Phi) is 10.7. The maximum atomic E-state index is 9.77. The van der Waals surface area contributed by atoms with E-state index < -0.39 is 24.1 Å². The molecule has 1 saturated heterocycles. The van der Waals surface area contributed by atoms with Gasteiger partial charge in [-0.25, -0.2) is 9.59 Å². The molecule has 1 aromatic carbocycles. The minimum absolute atomic E-state index is 0.719. The fourth-order valence-electron chi connectivity index (χ4n) is 2.77. The fourth-order valence-corrected chi connectivity index (χ4v) is 3.34. The number of carboxylic acids is 2. The van der Waals surface area contributed by atoms with Gasteiger partial charge >= 0.3 is 11.9 Å². The molecule has 0 unspecified atom stereocenters. The third kappa shape index (κ3) is 8.72. The van der Waals surface area contributed by atoms with Gasteiger partial charge in [0.25, 0.3) is 0 Å². The molecule has 0 spiro atoms. The molecule has 28 heavy (non-hydrogen) atoms. The van der Waals surface area contributed by atoms with Gasteiger partial charge in [-0.1, -0.05) is 30.1 Å². The Balaban J connectivity index is 0.000000336. The number of hydrogen-bond acceptors (Lipinski definition) is 6. The molecule has 5 N–H and O–H groups in total. The van der Waals surface area contributed by atoms with Crippen molar-refractivity contribution in [3.05, 3.63) is 33.8 Å². The van der Waals surface area contributed by atoms with Crippen LogP contribution in [-0.2, 0) is 16.1 Å². The number of nitrogens with zero attached hydrogens (tertiary/aromatic N) is 1. The maximum Gasteiger partial charge on any atom is 0.335 e. The van der Waals surface area contributed by atoms with Crippen LogP contribution in [0.3, 0.4) is 0 Å². The van der Waals surface area contributed by atoms with E-state index in [-0.39, 0.29) is 0 Å². The number of rotatable bonds is 8. The highest BCUT2D eigenvalue weighted by Crippen LogP contribution is 2.21. The molecule has 1 aliphatic heterocycles. The summed E-state index contributed by atoms with van der Waals surface area (Å²) in [5, 5.41) is 37.4. The molecule has 0 amide bonds. The van der Waals surface area contributed by atoms with Crippen LogP contribution in [0.5, 0.6) is 0 Å². The summed E-state index contributed by atoms with van der Waals surface area (Å²) >= 11 is 12.1. The van der Waals surface area contributed by atoms with Crippen molar-refractivity contribution in [1.82, 2.24) is 10.2 Å². The van der Waals surface area contributed by atoms with Gasteiger partial charge < -0.3 is 25.7 Å². The lowest BCUT2D eigenvalue weighted by Gasteiger charge is -2.23. The predicted molar refractivity (Wildman–Crippen MR) is 106 cm³/mol. The van der Waals surface area contributed by atoms with Crippen LogP contribution in [-0.4, -0.2) is 75.7 Å². The zero-order chi connectivity index (χ0) is 21.3. The van der Waals surface area contributed by atoms with E-state index in [4.69, 9.17) is 43.6 Å². The van der Waals surface area contributed by atoms with E-state index in [9.17, 15) is 9.59 Å². The van der Waals surface area contributed by atoms with Gasteiger partial charge in [0, 0.05) is 23.1 Å². The van der Waals surface area contributed by atoms with Gasteiger partial charge in [-0.2, -0.15) is 0 Å². The van der Waals surface area contributed by atoms with Gasteiger partial charge in [0.05, 0.1) is 0 Å². The highest BCUT2D eigenvalue weighted by atomic mass is 35.5. The number of carbonyl (C=O) groups is 2. The van der Waals surface area contributed by atoms with Crippen LogP contribution in [0.1, 0.15) is 18.9 Å². The average molecular weight is 437 g/mol. The van der Waals surface area contributed by atoms with E-state index in [1.807, 2.05) is 12.1 Å². The molecule has 1 heterocycles. The predicted octanol–water partition coefficient (Wildman–Crippen LogP) is 1.30. The van der Waals surface area contributed by atoms with Crippen LogP contribution in [0, 0.1) is 5.92 Å². The Hall–Kier alpha value is -1.42. The molecule has 1 aromatic rings. The maximum absolute atomic E-state index is 9.77. The van der Waals surface area contributed by atoms with Crippen LogP contribution < -0.4 is 5.32 Å². The van der Waals surface area contributed by atoms with Crippen molar-refractivity contribution in [3.63, 3.8) is 0 Å². The van der Waals surface area contributed by atoms with Crippen molar-refractivity contribution in [2.75, 3.05) is 26.2 Å². The SMILES string of the molecule is CCN(Cc1cc(Cl)cc(Cl)c1)C[C@@H]1CCNC1.O=C(O)[C@H](O)[C@@H](O)C(=O)O. The molecule has 158 valence electrons. The second-order valence-corrected chi connectivity index (χ2v) is 7.40. The van der Waals surface area contributed by atoms with Crippen LogP contribution >= 0.6 is 23.2 Å². The standard InChI is InChI=1S/C14H20Cl2N2.C4H6O6/c1-2-18(9-11-3-4-17-8-11)10-12-5-13(15)7-14(16)6-12;5-1(3(7)8)2(6)4(9)10/h5-7,11,17H,2-4,8-10H2,1H3;1-2,5-6H,(H,7,8)(H,9,10)/t11-;1-,2-/m11/s1. The number of benzene rings is 1. The zero-order valence-electron chi connectivity index (χ0n) is 15.5. The Morgan fingerprint density at radius 2 is 1.68 bits per heavy atom. The second kappa shape index (κ2) is 12.2. The molecule has 1 fully saturated rings. The lowest BCUT2D eigenvalue weighted by atomic mass is 10.1. The molecule has 0 bridgehead atoms. The highest BCUT2D eigenvalue weighted by Gasteiger charge is 2.29. The lowest BCUT2D eigenvalue weighted by molar-refractivity contribution is -0.165. The molecule has 0 aromatic heterocycles. The molecule has 3 atom stereocenters. The summed E-state index contributed by atoms with van der Waals surface area (Å²) in [5.41, 5.74) is 1.19. The summed E-state index contributed by atoms with van der Waals surface area (Å²) < 4.78 is 0. The summed E-state index contributed by atoms with van der Waals surface area (Å²) in [6.45, 7) is 7.63. The fraction of sp³-hybridized carbons (Fsp3) is 0.556. The van der Waals surface area contributed by atoms with Crippen LogP contribution in [0.15, 0.2) is 18.2 Å². The number of halogens is 2. The van der Waals surface area contributed by atoms with Crippen molar-refractivity contribution >= 4 is 35.1 Å². The topological polar surface area (TPSA) is 130 Å². The Morgan fingerprint density at radius 3 is 2.07 bits per heavy atom. The molecule has 8 nitrogen and oxygen atoms in total. The molecular weight excluding hydrogens is 411 g/mol. The largest absolute Gasteiger partial charge is 0.479 e. The minimum atomic E-state index is -2.27. The van der Waals surface area contributed by atoms with Gasteiger partial charge in [-0.15, -0.1) is 0 Å². The van der Waals surface area contributed by atoms with Crippen molar-refractivity contribution in [2.24, 2.45) is 5.92 Å². The molecule has 0 saturated carbocycles. The van der Waals surface area contributed by atoms with Crippen LogP contribution in [0.4, 0.5) is 0 Å². The molecule has 10 heteroatoms. The Bertz CT molecular complexity index is 617. The Morgan fingerprint density at radius 1 is 1.14 bits per heavy atom. The molecule has 0 radical (unpaired) electrons. The first-order chi connectivity index (χ1) is 13.1. The number of aliphatic hydroxyl groups excluding tert-OH is 2. The smallest absolute Gasteiger partial charge is 0.335 e. The second-order valence-electron chi connectivity index (χ2n) is 6.53. The van der Waals surface area contributed by atoms with Gasteiger partial charge in [0.1, 0.15) is 0 Å². The summed E-state index contributed by atoms with van der Waals surface area (Å²) in [6, 6.07) is 5.79. The first-order valence-corrected chi connectivity index (χ1v) is 9.59. The van der Waals surface area contributed by atoms with E-state index in [2.05, 4.69) is 17.1 Å². The third-order valence-electron chi connectivity index (χ3n) is 4.26. The average Bonchev–Trinajstić information content (AvgIpc) is 3.12. The molecule has 2 rings (SSSR count). The van der Waals surface area contributed by atoms with Crippen molar-refractivity contribution < 1.29 is 30.0 Å². The summed E-state index contributed by atoms with van der Waals surface area (Å²) in [4.78, 5) is 22.0. The van der Waals surface area contributed by atoms with E-state index >= 15 is 0 Å². The minimum Gasteiger partial charge on any atom is -0.479 e. The van der Waals surface area contributed by atoms with E-state index in [0.29, 0.717) is 0 Å². The van der Waals surface area contributed by atoms with Crippen molar-refractivity contribution in [2.45, 2.75) is 32.1 Å². The van der Waals surface area contributed by atoms with E-state index in [0.717, 1.165) is 48.7 Å².